The molecule has 2 aromatic carbocycles. The highest BCUT2D eigenvalue weighted by Gasteiger charge is 2.16. The first-order chi connectivity index (χ1) is 13.9. The Labute approximate surface area is 175 Å². The van der Waals surface area contributed by atoms with Crippen molar-refractivity contribution in [1.29, 1.82) is 0 Å². The summed E-state index contributed by atoms with van der Waals surface area (Å²) in [7, 11) is 4.19. The number of hydrogen-bond acceptors (Lipinski definition) is 3. The third-order valence-corrected chi connectivity index (χ3v) is 5.43. The molecular formula is C26H33N3. The van der Waals surface area contributed by atoms with E-state index in [0.717, 1.165) is 17.7 Å². The third kappa shape index (κ3) is 4.61. The number of rotatable bonds is 7. The van der Waals surface area contributed by atoms with Crippen LogP contribution in [0.3, 0.4) is 0 Å². The molecule has 0 aromatic heterocycles. The van der Waals surface area contributed by atoms with Gasteiger partial charge in [-0.25, -0.2) is 0 Å². The van der Waals surface area contributed by atoms with Crippen LogP contribution < -0.4 is 5.43 Å². The van der Waals surface area contributed by atoms with Crippen molar-refractivity contribution in [3.8, 4) is 0 Å². The number of para-hydroxylation sites is 1. The number of benzene rings is 2. The van der Waals surface area contributed by atoms with Gasteiger partial charge in [-0.1, -0.05) is 76.2 Å². The predicted octanol–water partition coefficient (Wildman–Crippen LogP) is 6.61. The molecule has 0 saturated heterocycles. The zero-order valence-corrected chi connectivity index (χ0v) is 18.5. The largest absolute Gasteiger partial charge is 0.377 e. The van der Waals surface area contributed by atoms with E-state index >= 15 is 0 Å². The number of anilines is 1. The highest BCUT2D eigenvalue weighted by Crippen LogP contribution is 2.33. The van der Waals surface area contributed by atoms with Crippen molar-refractivity contribution >= 4 is 17.5 Å². The van der Waals surface area contributed by atoms with Gasteiger partial charge >= 0.3 is 0 Å². The van der Waals surface area contributed by atoms with E-state index in [2.05, 4.69) is 112 Å². The molecule has 0 unspecified atom stereocenters. The molecule has 3 rings (SSSR count). The summed E-state index contributed by atoms with van der Waals surface area (Å²) >= 11 is 0. The zero-order chi connectivity index (χ0) is 21.0. The van der Waals surface area contributed by atoms with Crippen LogP contribution in [0.15, 0.2) is 65.4 Å². The molecular weight excluding hydrogens is 354 g/mol. The molecule has 0 saturated carbocycles. The monoisotopic (exact) mass is 387 g/mol. The first-order valence-electron chi connectivity index (χ1n) is 10.5. The summed E-state index contributed by atoms with van der Waals surface area (Å²) in [5.74, 6) is 0.882. The average molecular weight is 388 g/mol. The number of likely N-dealkylation sites (N-methyl/N-ethyl adjacent to an activating group) is 1. The third-order valence-electron chi connectivity index (χ3n) is 5.43. The lowest BCUT2D eigenvalue weighted by Crippen LogP contribution is -2.10. The van der Waals surface area contributed by atoms with Crippen LogP contribution >= 0.6 is 0 Å². The molecule has 0 heterocycles. The number of hydrogen-bond donors (Lipinski definition) is 1. The van der Waals surface area contributed by atoms with Gasteiger partial charge in [0.25, 0.3) is 0 Å². The first kappa shape index (κ1) is 20.9. The molecule has 1 aliphatic rings. The first-order valence-corrected chi connectivity index (χ1v) is 10.5. The van der Waals surface area contributed by atoms with Crippen molar-refractivity contribution in [2.45, 2.75) is 46.0 Å². The number of nitrogens with zero attached hydrogens (tertiary/aromatic N) is 2. The van der Waals surface area contributed by atoms with Gasteiger partial charge in [-0.3, -0.25) is 5.43 Å². The fraction of sp³-hybridized carbons (Fsp3) is 0.346. The van der Waals surface area contributed by atoms with E-state index in [1.807, 2.05) is 6.21 Å². The van der Waals surface area contributed by atoms with Crippen LogP contribution in [0, 0.1) is 0 Å². The Hall–Kier alpha value is -2.81. The highest BCUT2D eigenvalue weighted by atomic mass is 15.3. The summed E-state index contributed by atoms with van der Waals surface area (Å²) in [5.41, 5.74) is 12.1. The minimum absolute atomic E-state index is 0.441. The minimum atomic E-state index is 0.441. The van der Waals surface area contributed by atoms with Crippen molar-refractivity contribution in [1.82, 2.24) is 4.90 Å². The molecule has 0 fully saturated rings. The number of hydrazone groups is 1. The lowest BCUT2D eigenvalue weighted by atomic mass is 9.93. The molecule has 0 radical (unpaired) electrons. The van der Waals surface area contributed by atoms with Crippen LogP contribution in [0.1, 0.15) is 68.2 Å². The lowest BCUT2D eigenvalue weighted by molar-refractivity contribution is 0.533. The molecule has 3 nitrogen and oxygen atoms in total. The van der Waals surface area contributed by atoms with Crippen LogP contribution in [0.4, 0.5) is 5.69 Å². The van der Waals surface area contributed by atoms with Gasteiger partial charge in [0, 0.05) is 25.4 Å². The second-order valence-corrected chi connectivity index (χ2v) is 8.44. The van der Waals surface area contributed by atoms with Crippen molar-refractivity contribution < 1.29 is 0 Å². The summed E-state index contributed by atoms with van der Waals surface area (Å²) in [5, 5.41) is 4.67. The standard InChI is InChI=1S/C26H33N3/c1-18(2)21-13-9-14-22(19(3)4)26(21)28-27-17-20-11-7-8-12-23(20)24-15-10-16-25(24)29(5)6/h7-14,16-19,28H,15H2,1-6H3. The van der Waals surface area contributed by atoms with E-state index in [9.17, 15) is 0 Å². The molecule has 0 atom stereocenters. The Kier molecular flexibility index (Phi) is 6.58. The molecule has 1 N–H and O–H groups in total. The van der Waals surface area contributed by atoms with Crippen molar-refractivity contribution in [3.63, 3.8) is 0 Å². The van der Waals surface area contributed by atoms with Crippen LogP contribution in [0.5, 0.6) is 0 Å². The van der Waals surface area contributed by atoms with Gasteiger partial charge in [0.15, 0.2) is 0 Å². The van der Waals surface area contributed by atoms with Gasteiger partial charge in [0.1, 0.15) is 0 Å². The number of nitrogens with one attached hydrogen (secondary N) is 1. The maximum absolute atomic E-state index is 4.67. The smallest absolute Gasteiger partial charge is 0.0630 e. The second-order valence-electron chi connectivity index (χ2n) is 8.44. The molecule has 1 aliphatic carbocycles. The van der Waals surface area contributed by atoms with Crippen LogP contribution in [0.2, 0.25) is 0 Å². The lowest BCUT2D eigenvalue weighted by Gasteiger charge is -2.19. The Morgan fingerprint density at radius 2 is 1.59 bits per heavy atom. The predicted molar refractivity (Wildman–Crippen MR) is 127 cm³/mol. The average Bonchev–Trinajstić information content (AvgIpc) is 3.18. The zero-order valence-electron chi connectivity index (χ0n) is 18.5. The van der Waals surface area contributed by atoms with Gasteiger partial charge in [-0.15, -0.1) is 0 Å². The maximum atomic E-state index is 4.67. The van der Waals surface area contributed by atoms with Crippen molar-refractivity contribution in [2.24, 2.45) is 5.10 Å². The van der Waals surface area contributed by atoms with Crippen LogP contribution in [-0.2, 0) is 0 Å². The highest BCUT2D eigenvalue weighted by molar-refractivity contribution is 5.90. The SMILES string of the molecule is CC(C)c1cccc(C(C)C)c1NN=Cc1ccccc1C1=C(N(C)C)C=CC1. The molecule has 152 valence electrons. The molecule has 0 spiro atoms. The quantitative estimate of drug-likeness (QED) is 0.427. The normalized spacial score (nSPS) is 13.9. The topological polar surface area (TPSA) is 27.6 Å². The van der Waals surface area contributed by atoms with E-state index in [0.29, 0.717) is 11.8 Å². The summed E-state index contributed by atoms with van der Waals surface area (Å²) in [6.07, 6.45) is 7.34. The van der Waals surface area contributed by atoms with E-state index in [1.54, 1.807) is 0 Å². The van der Waals surface area contributed by atoms with Crippen molar-refractivity contribution in [2.75, 3.05) is 19.5 Å². The summed E-state index contributed by atoms with van der Waals surface area (Å²) in [6.45, 7) is 8.91. The molecule has 2 aromatic rings. The van der Waals surface area contributed by atoms with Crippen LogP contribution in [-0.4, -0.2) is 25.2 Å². The molecule has 0 bridgehead atoms. The van der Waals surface area contributed by atoms with Gasteiger partial charge in [-0.05, 0) is 46.6 Å². The number of allylic oxidation sites excluding steroid dienone is 3. The van der Waals surface area contributed by atoms with E-state index in [1.165, 1.54) is 28.0 Å². The van der Waals surface area contributed by atoms with Gasteiger partial charge in [-0.2, -0.15) is 5.10 Å². The fourth-order valence-electron chi connectivity index (χ4n) is 3.89. The molecule has 3 heteroatoms. The van der Waals surface area contributed by atoms with E-state index in [-0.39, 0.29) is 0 Å². The van der Waals surface area contributed by atoms with Gasteiger partial charge in [0.05, 0.1) is 11.9 Å². The summed E-state index contributed by atoms with van der Waals surface area (Å²) in [6, 6.07) is 15.0. The van der Waals surface area contributed by atoms with Crippen LogP contribution in [0.25, 0.3) is 5.57 Å². The van der Waals surface area contributed by atoms with E-state index < -0.39 is 0 Å². The Balaban J connectivity index is 1.93. The van der Waals surface area contributed by atoms with Gasteiger partial charge < -0.3 is 4.90 Å². The van der Waals surface area contributed by atoms with E-state index in [4.69, 9.17) is 0 Å². The Morgan fingerprint density at radius 3 is 2.21 bits per heavy atom. The minimum Gasteiger partial charge on any atom is -0.377 e. The molecule has 0 aliphatic heterocycles. The summed E-state index contributed by atoms with van der Waals surface area (Å²) in [4.78, 5) is 2.18. The Bertz CT molecular complexity index is 920. The fourth-order valence-corrected chi connectivity index (χ4v) is 3.89. The molecule has 0 amide bonds. The molecule has 29 heavy (non-hydrogen) atoms. The second kappa shape index (κ2) is 9.13. The Morgan fingerprint density at radius 1 is 0.931 bits per heavy atom. The van der Waals surface area contributed by atoms with Crippen molar-refractivity contribution in [3.05, 3.63) is 82.6 Å². The van der Waals surface area contributed by atoms with Gasteiger partial charge in [0.2, 0.25) is 0 Å². The summed E-state index contributed by atoms with van der Waals surface area (Å²) < 4.78 is 0. The maximum Gasteiger partial charge on any atom is 0.0630 e.